The highest BCUT2D eigenvalue weighted by molar-refractivity contribution is 7.10. The number of aromatic nitrogens is 1. The van der Waals surface area contributed by atoms with Gasteiger partial charge in [-0.15, -0.1) is 11.3 Å². The van der Waals surface area contributed by atoms with E-state index in [2.05, 4.69) is 0 Å². The van der Waals surface area contributed by atoms with Crippen molar-refractivity contribution < 1.29 is 19.0 Å². The van der Waals surface area contributed by atoms with E-state index >= 15 is 0 Å². The first kappa shape index (κ1) is 30.9. The zero-order valence-corrected chi connectivity index (χ0v) is 27.3. The molecule has 0 saturated heterocycles. The maximum absolute atomic E-state index is 14.2. The summed E-state index contributed by atoms with van der Waals surface area (Å²) in [7, 11) is 1.56. The molecular weight excluding hydrogens is 651 g/mol. The van der Waals surface area contributed by atoms with Crippen LogP contribution < -0.4 is 24.4 Å². The van der Waals surface area contributed by atoms with Crippen LogP contribution in [-0.2, 0) is 16.1 Å². The van der Waals surface area contributed by atoms with Gasteiger partial charge in [0.1, 0.15) is 12.6 Å². The second kappa shape index (κ2) is 13.5. The van der Waals surface area contributed by atoms with Gasteiger partial charge in [-0.2, -0.15) is 0 Å². The van der Waals surface area contributed by atoms with Crippen LogP contribution in [0, 0.1) is 0 Å². The molecule has 0 spiro atoms. The first-order chi connectivity index (χ1) is 21.9. The molecule has 1 aliphatic rings. The summed E-state index contributed by atoms with van der Waals surface area (Å²) in [6.07, 6.45) is 1.76. The largest absolute Gasteiger partial charge is 0.493 e. The van der Waals surface area contributed by atoms with Gasteiger partial charge >= 0.3 is 5.97 Å². The topological polar surface area (TPSA) is 79.1 Å². The van der Waals surface area contributed by atoms with Gasteiger partial charge in [-0.3, -0.25) is 9.36 Å². The van der Waals surface area contributed by atoms with E-state index in [1.165, 1.54) is 22.7 Å². The first-order valence-corrected chi connectivity index (χ1v) is 16.4. The standard InChI is InChI=1S/C34H26Cl2N2O5S2/c1-3-42-33(40)28-29(21-9-5-4-6-10-21)37-34-38(30(28)26-13-8-16-44-26)32(39)27(45-34)18-22-11-7-12-25(41-2)31(22)43-19-20-14-15-23(35)24(36)17-20/h4-18,30H,3,19H2,1-2H3/b27-18-/t30-/m0/s1. The number of nitrogens with zero attached hydrogens (tertiary/aromatic N) is 2. The zero-order chi connectivity index (χ0) is 31.5. The van der Waals surface area contributed by atoms with Gasteiger partial charge in [0.25, 0.3) is 5.56 Å². The molecule has 1 atom stereocenters. The summed E-state index contributed by atoms with van der Waals surface area (Å²) in [4.78, 5) is 34.0. The molecular formula is C34H26Cl2N2O5S2. The number of fused-ring (bicyclic) bond motifs is 1. The summed E-state index contributed by atoms with van der Waals surface area (Å²) in [5, 5.41) is 2.80. The number of para-hydroxylation sites is 1. The fourth-order valence-electron chi connectivity index (χ4n) is 5.04. The molecule has 0 radical (unpaired) electrons. The number of thiophene rings is 1. The van der Waals surface area contributed by atoms with Crippen LogP contribution in [0.2, 0.25) is 10.0 Å². The van der Waals surface area contributed by atoms with Crippen molar-refractivity contribution in [2.45, 2.75) is 19.6 Å². The monoisotopic (exact) mass is 676 g/mol. The minimum absolute atomic E-state index is 0.187. The fourth-order valence-corrected chi connectivity index (χ4v) is 7.18. The van der Waals surface area contributed by atoms with Gasteiger partial charge in [0, 0.05) is 16.0 Å². The maximum Gasteiger partial charge on any atom is 0.338 e. The molecule has 0 N–H and O–H groups in total. The molecule has 11 heteroatoms. The Bertz CT molecular complexity index is 2090. The third-order valence-electron chi connectivity index (χ3n) is 7.07. The Morgan fingerprint density at radius 1 is 1.02 bits per heavy atom. The fraction of sp³-hybridized carbons (Fsp3) is 0.147. The lowest BCUT2D eigenvalue weighted by Crippen LogP contribution is -2.39. The Labute approximate surface area is 276 Å². The number of carbonyl (C=O) groups is 1. The van der Waals surface area contributed by atoms with Gasteiger partial charge in [0.15, 0.2) is 16.3 Å². The number of benzene rings is 3. The summed E-state index contributed by atoms with van der Waals surface area (Å²) in [6.45, 7) is 2.14. The quantitative estimate of drug-likeness (QED) is 0.159. The second-order valence-corrected chi connectivity index (χ2v) is 12.7. The van der Waals surface area contributed by atoms with Crippen molar-refractivity contribution in [2.24, 2.45) is 4.99 Å². The predicted octanol–water partition coefficient (Wildman–Crippen LogP) is 6.89. The Morgan fingerprint density at radius 3 is 2.56 bits per heavy atom. The number of ether oxygens (including phenoxy) is 3. The summed E-state index contributed by atoms with van der Waals surface area (Å²) in [5.41, 5.74) is 2.72. The maximum atomic E-state index is 14.2. The average Bonchev–Trinajstić information content (AvgIpc) is 3.70. The third-order valence-corrected chi connectivity index (χ3v) is 9.72. The van der Waals surface area contributed by atoms with Crippen LogP contribution in [0.15, 0.2) is 99.6 Å². The molecule has 5 aromatic rings. The van der Waals surface area contributed by atoms with E-state index in [0.29, 0.717) is 47.7 Å². The van der Waals surface area contributed by atoms with Gasteiger partial charge in [-0.25, -0.2) is 9.79 Å². The molecule has 45 heavy (non-hydrogen) atoms. The molecule has 2 aromatic heterocycles. The van der Waals surface area contributed by atoms with Crippen molar-refractivity contribution in [3.8, 4) is 11.5 Å². The van der Waals surface area contributed by atoms with Crippen molar-refractivity contribution >= 4 is 63.6 Å². The molecule has 6 rings (SSSR count). The number of hydrogen-bond donors (Lipinski definition) is 0. The molecule has 3 heterocycles. The number of esters is 1. The molecule has 0 unspecified atom stereocenters. The van der Waals surface area contributed by atoms with Crippen molar-refractivity contribution in [1.29, 1.82) is 0 Å². The molecule has 7 nitrogen and oxygen atoms in total. The second-order valence-electron chi connectivity index (χ2n) is 9.86. The highest BCUT2D eigenvalue weighted by Crippen LogP contribution is 2.37. The highest BCUT2D eigenvalue weighted by atomic mass is 35.5. The molecule has 1 aliphatic heterocycles. The summed E-state index contributed by atoms with van der Waals surface area (Å²) in [6, 6.07) is 23.3. The number of methoxy groups -OCH3 is 1. The van der Waals surface area contributed by atoms with Crippen LogP contribution in [0.5, 0.6) is 11.5 Å². The van der Waals surface area contributed by atoms with E-state index in [0.717, 1.165) is 16.0 Å². The van der Waals surface area contributed by atoms with Gasteiger partial charge in [0.05, 0.1) is 39.6 Å². The summed E-state index contributed by atoms with van der Waals surface area (Å²) < 4.78 is 19.4. The molecule has 0 saturated carbocycles. The van der Waals surface area contributed by atoms with Crippen molar-refractivity contribution in [3.63, 3.8) is 0 Å². The van der Waals surface area contributed by atoms with Crippen molar-refractivity contribution in [1.82, 2.24) is 4.57 Å². The van der Waals surface area contributed by atoms with Crippen LogP contribution in [0.4, 0.5) is 0 Å². The number of halogens is 2. The molecule has 0 aliphatic carbocycles. The Morgan fingerprint density at radius 2 is 1.84 bits per heavy atom. The van der Waals surface area contributed by atoms with Gasteiger partial charge in [-0.05, 0) is 48.2 Å². The molecule has 0 fully saturated rings. The summed E-state index contributed by atoms with van der Waals surface area (Å²) >= 11 is 15.0. The number of hydrogen-bond acceptors (Lipinski definition) is 8. The van der Waals surface area contributed by atoms with E-state index in [1.807, 2.05) is 66.0 Å². The highest BCUT2D eigenvalue weighted by Gasteiger charge is 2.35. The van der Waals surface area contributed by atoms with Gasteiger partial charge in [0.2, 0.25) is 0 Å². The van der Waals surface area contributed by atoms with Crippen LogP contribution in [0.3, 0.4) is 0 Å². The summed E-state index contributed by atoms with van der Waals surface area (Å²) in [5.74, 6) is 0.450. The molecule has 0 amide bonds. The lowest BCUT2D eigenvalue weighted by molar-refractivity contribution is -0.138. The van der Waals surface area contributed by atoms with E-state index in [-0.39, 0.29) is 18.8 Å². The van der Waals surface area contributed by atoms with Gasteiger partial charge in [-0.1, -0.05) is 89.1 Å². The average molecular weight is 678 g/mol. The van der Waals surface area contributed by atoms with E-state index < -0.39 is 12.0 Å². The molecule has 228 valence electrons. The normalized spacial score (nSPS) is 14.6. The minimum atomic E-state index is -0.715. The van der Waals surface area contributed by atoms with E-state index in [1.54, 1.807) is 42.9 Å². The number of thiazole rings is 1. The van der Waals surface area contributed by atoms with Crippen LogP contribution in [-0.4, -0.2) is 24.3 Å². The Hall–Kier alpha value is -4.15. The van der Waals surface area contributed by atoms with Gasteiger partial charge < -0.3 is 14.2 Å². The SMILES string of the molecule is CCOC(=O)C1=C(c2ccccc2)N=c2s/c(=C\c3cccc(OC)c3OCc3ccc(Cl)c(Cl)c3)c(=O)n2[C@H]1c1cccs1. The zero-order valence-electron chi connectivity index (χ0n) is 24.2. The van der Waals surface area contributed by atoms with Crippen LogP contribution in [0.25, 0.3) is 11.8 Å². The van der Waals surface area contributed by atoms with E-state index in [9.17, 15) is 9.59 Å². The first-order valence-electron chi connectivity index (χ1n) is 13.9. The van der Waals surface area contributed by atoms with E-state index in [4.69, 9.17) is 42.4 Å². The van der Waals surface area contributed by atoms with Crippen molar-refractivity contribution in [3.05, 3.63) is 141 Å². The van der Waals surface area contributed by atoms with Crippen LogP contribution >= 0.6 is 45.9 Å². The lowest BCUT2D eigenvalue weighted by atomic mass is 9.97. The number of carbonyl (C=O) groups excluding carboxylic acids is 1. The Kier molecular flexibility index (Phi) is 9.23. The number of rotatable bonds is 9. The minimum Gasteiger partial charge on any atom is -0.493 e. The molecule has 3 aromatic carbocycles. The lowest BCUT2D eigenvalue weighted by Gasteiger charge is -2.24. The molecule has 0 bridgehead atoms. The third kappa shape index (κ3) is 6.21. The Balaban J connectivity index is 1.51. The predicted molar refractivity (Wildman–Crippen MR) is 179 cm³/mol. The van der Waals surface area contributed by atoms with Crippen LogP contribution in [0.1, 0.15) is 34.5 Å². The smallest absolute Gasteiger partial charge is 0.338 e. The van der Waals surface area contributed by atoms with Crippen molar-refractivity contribution in [2.75, 3.05) is 13.7 Å².